The van der Waals surface area contributed by atoms with Crippen molar-refractivity contribution in [1.29, 1.82) is 0 Å². The molecule has 1 aromatic carbocycles. The van der Waals surface area contributed by atoms with Crippen LogP contribution in [0.4, 0.5) is 0 Å². The smallest absolute Gasteiger partial charge is 0.287 e. The predicted molar refractivity (Wildman–Crippen MR) is 96.2 cm³/mol. The van der Waals surface area contributed by atoms with Gasteiger partial charge in [-0.2, -0.15) is 5.10 Å². The molecular weight excluding hydrogens is 326 g/mol. The van der Waals surface area contributed by atoms with E-state index in [4.69, 9.17) is 16.4 Å². The lowest BCUT2D eigenvalue weighted by atomic mass is 9.55. The van der Waals surface area contributed by atoms with Crippen molar-refractivity contribution in [2.45, 2.75) is 43.9 Å². The first-order valence-electron chi connectivity index (χ1n) is 9.17. The highest BCUT2D eigenvalue weighted by molar-refractivity contribution is 5.96. The van der Waals surface area contributed by atoms with E-state index >= 15 is 0 Å². The predicted octanol–water partition coefficient (Wildman–Crippen LogP) is 3.14. The van der Waals surface area contributed by atoms with E-state index in [0.717, 1.165) is 29.8 Å². The van der Waals surface area contributed by atoms with Crippen molar-refractivity contribution < 1.29 is 9.53 Å². The minimum absolute atomic E-state index is 0.0392. The maximum absolute atomic E-state index is 12.8. The fourth-order valence-electron chi connectivity index (χ4n) is 5.57. The van der Waals surface area contributed by atoms with Crippen LogP contribution >= 0.6 is 0 Å². The van der Waals surface area contributed by atoms with Crippen molar-refractivity contribution in [1.82, 2.24) is 9.78 Å². The first-order chi connectivity index (χ1) is 12.4. The third kappa shape index (κ3) is 1.64. The summed E-state index contributed by atoms with van der Waals surface area (Å²) in [6.45, 7) is 11.7. The second-order valence-corrected chi connectivity index (χ2v) is 8.05. The SMILES string of the molecule is [C-]#[N+][C@@]12O[C@@H]1[C@]1(C)c3nn(C)c(-c4ccccc4)c3CC[C@H]1[C@H](C)C2=O. The molecule has 2 fully saturated rings. The van der Waals surface area contributed by atoms with Crippen molar-refractivity contribution in [2.24, 2.45) is 18.9 Å². The van der Waals surface area contributed by atoms with E-state index in [2.05, 4.69) is 23.9 Å². The summed E-state index contributed by atoms with van der Waals surface area (Å²) in [5.41, 5.74) is 2.89. The lowest BCUT2D eigenvalue weighted by Gasteiger charge is -2.44. The zero-order chi connectivity index (χ0) is 18.3. The number of hydrogen-bond acceptors (Lipinski definition) is 3. The normalized spacial score (nSPS) is 37.3. The summed E-state index contributed by atoms with van der Waals surface area (Å²) in [5, 5.41) is 4.91. The first-order valence-corrected chi connectivity index (χ1v) is 9.17. The summed E-state index contributed by atoms with van der Waals surface area (Å²) in [7, 11) is 1.98. The van der Waals surface area contributed by atoms with Crippen molar-refractivity contribution in [3.8, 4) is 11.3 Å². The second kappa shape index (κ2) is 4.83. The number of aromatic nitrogens is 2. The van der Waals surface area contributed by atoms with Crippen LogP contribution in [-0.2, 0) is 28.4 Å². The quantitative estimate of drug-likeness (QED) is 0.588. The van der Waals surface area contributed by atoms with Crippen LogP contribution in [0, 0.1) is 18.4 Å². The molecule has 2 aromatic rings. The fraction of sp³-hybridized carbons (Fsp3) is 0.476. The maximum Gasteiger partial charge on any atom is 0.424 e. The average molecular weight is 347 g/mol. The number of benzene rings is 1. The molecule has 1 saturated carbocycles. The summed E-state index contributed by atoms with van der Waals surface area (Å²) >= 11 is 0. The van der Waals surface area contributed by atoms with Crippen molar-refractivity contribution in [2.75, 3.05) is 0 Å². The van der Waals surface area contributed by atoms with Gasteiger partial charge < -0.3 is 0 Å². The minimum Gasteiger partial charge on any atom is -0.287 e. The van der Waals surface area contributed by atoms with Gasteiger partial charge in [0.2, 0.25) is 0 Å². The number of ether oxygens (including phenoxy) is 1. The number of nitrogens with zero attached hydrogens (tertiary/aromatic N) is 3. The highest BCUT2D eigenvalue weighted by atomic mass is 16.6. The van der Waals surface area contributed by atoms with E-state index < -0.39 is 11.1 Å². The lowest BCUT2D eigenvalue weighted by Crippen LogP contribution is -2.55. The van der Waals surface area contributed by atoms with E-state index in [1.165, 1.54) is 5.56 Å². The van der Waals surface area contributed by atoms with Gasteiger partial charge in [0.1, 0.15) is 0 Å². The molecule has 0 unspecified atom stereocenters. The number of aryl methyl sites for hydroxylation is 1. The lowest BCUT2D eigenvalue weighted by molar-refractivity contribution is -0.130. The zero-order valence-corrected chi connectivity index (χ0v) is 15.2. The topological polar surface area (TPSA) is 51.8 Å². The number of carbonyl (C=O) groups excluding carboxylic acids is 1. The molecular formula is C21H21N3O2. The molecule has 1 aliphatic heterocycles. The van der Waals surface area contributed by atoms with Crippen LogP contribution in [0.25, 0.3) is 16.1 Å². The summed E-state index contributed by atoms with van der Waals surface area (Å²) < 4.78 is 7.78. The molecule has 3 aliphatic rings. The molecule has 2 heterocycles. The van der Waals surface area contributed by atoms with Gasteiger partial charge in [-0.05, 0) is 18.8 Å². The van der Waals surface area contributed by atoms with Crippen molar-refractivity contribution in [3.63, 3.8) is 0 Å². The van der Waals surface area contributed by atoms with Crippen LogP contribution in [-0.4, -0.2) is 27.4 Å². The molecule has 1 saturated heterocycles. The fourth-order valence-corrected chi connectivity index (χ4v) is 5.57. The van der Waals surface area contributed by atoms with Crippen LogP contribution in [0.5, 0.6) is 0 Å². The molecule has 0 spiro atoms. The summed E-state index contributed by atoms with van der Waals surface area (Å²) in [5.74, 6) is -0.0470. The Balaban J connectivity index is 1.71. The molecule has 0 radical (unpaired) electrons. The van der Waals surface area contributed by atoms with Crippen LogP contribution < -0.4 is 0 Å². The minimum atomic E-state index is -1.27. The van der Waals surface area contributed by atoms with Crippen LogP contribution in [0.15, 0.2) is 30.3 Å². The molecule has 26 heavy (non-hydrogen) atoms. The Morgan fingerprint density at radius 2 is 2.08 bits per heavy atom. The molecule has 0 bridgehead atoms. The maximum atomic E-state index is 12.8. The Hall–Kier alpha value is -2.45. The Kier molecular flexibility index (Phi) is 2.93. The van der Waals surface area contributed by atoms with Gasteiger partial charge in [0, 0.05) is 24.1 Å². The summed E-state index contributed by atoms with van der Waals surface area (Å²) in [6.07, 6.45) is 1.46. The van der Waals surface area contributed by atoms with Gasteiger partial charge in [-0.15, -0.1) is 0 Å². The summed E-state index contributed by atoms with van der Waals surface area (Å²) in [6, 6.07) is 10.3. The molecule has 5 atom stereocenters. The molecule has 5 heteroatoms. The number of epoxide rings is 1. The third-order valence-corrected chi connectivity index (χ3v) is 6.85. The monoisotopic (exact) mass is 347 g/mol. The van der Waals surface area contributed by atoms with Crippen molar-refractivity contribution in [3.05, 3.63) is 53.0 Å². The van der Waals surface area contributed by atoms with E-state index in [1.54, 1.807) is 0 Å². The number of carbonyl (C=O) groups is 1. The zero-order valence-electron chi connectivity index (χ0n) is 15.2. The molecule has 0 amide bonds. The average Bonchev–Trinajstić information content (AvgIpc) is 3.32. The van der Waals surface area contributed by atoms with Gasteiger partial charge >= 0.3 is 5.72 Å². The summed E-state index contributed by atoms with van der Waals surface area (Å²) in [4.78, 5) is 16.4. The molecule has 132 valence electrons. The number of rotatable bonds is 1. The van der Waals surface area contributed by atoms with E-state index in [1.807, 2.05) is 36.9 Å². The van der Waals surface area contributed by atoms with Crippen LogP contribution in [0.1, 0.15) is 31.5 Å². The van der Waals surface area contributed by atoms with E-state index in [9.17, 15) is 4.79 Å². The molecule has 5 nitrogen and oxygen atoms in total. The Morgan fingerprint density at radius 3 is 2.77 bits per heavy atom. The van der Waals surface area contributed by atoms with Crippen LogP contribution in [0.3, 0.4) is 0 Å². The second-order valence-electron chi connectivity index (χ2n) is 8.05. The number of fused-ring (bicyclic) bond motifs is 5. The highest BCUT2D eigenvalue weighted by Gasteiger charge is 2.83. The molecule has 2 aliphatic carbocycles. The van der Waals surface area contributed by atoms with E-state index in [0.29, 0.717) is 0 Å². The molecule has 1 aromatic heterocycles. The third-order valence-electron chi connectivity index (χ3n) is 6.85. The number of ketones is 1. The number of hydrogen-bond donors (Lipinski definition) is 0. The van der Waals surface area contributed by atoms with Crippen LogP contribution in [0.2, 0.25) is 0 Å². The van der Waals surface area contributed by atoms with Gasteiger partial charge in [0.25, 0.3) is 5.78 Å². The van der Waals surface area contributed by atoms with Gasteiger partial charge in [0.05, 0.1) is 16.8 Å². The van der Waals surface area contributed by atoms with Crippen molar-refractivity contribution >= 4 is 5.78 Å². The Labute approximate surface area is 152 Å². The molecule has 0 N–H and O–H groups in total. The first kappa shape index (κ1) is 15.8. The Bertz CT molecular complexity index is 973. The number of Topliss-reactive ketones (excluding diaryl/α,β-unsaturated/α-hetero) is 1. The highest BCUT2D eigenvalue weighted by Crippen LogP contribution is 2.63. The van der Waals surface area contributed by atoms with E-state index in [-0.39, 0.29) is 23.7 Å². The van der Waals surface area contributed by atoms with Gasteiger partial charge in [-0.3, -0.25) is 19.1 Å². The van der Waals surface area contributed by atoms with Gasteiger partial charge in [-0.1, -0.05) is 44.2 Å². The van der Waals surface area contributed by atoms with Gasteiger partial charge in [-0.25, -0.2) is 6.57 Å². The molecule has 5 rings (SSSR count). The largest absolute Gasteiger partial charge is 0.424 e. The Morgan fingerprint density at radius 1 is 1.35 bits per heavy atom. The van der Waals surface area contributed by atoms with Gasteiger partial charge in [0.15, 0.2) is 6.10 Å². The standard InChI is InChI=1S/C21H21N3O2/c1-12-15-11-10-14-16(13-8-6-5-7-9-13)24(4)23-17(14)20(15,2)19-21(22-3,26-19)18(12)25/h5-9,12,15,19H,10-11H2,1-2,4H3/t12-,15-,19+,20-,21-/m0/s1.